The summed E-state index contributed by atoms with van der Waals surface area (Å²) < 4.78 is 0. The fourth-order valence-corrected chi connectivity index (χ4v) is 7.68. The molecule has 9 heteroatoms. The topological polar surface area (TPSA) is 37.7 Å². The predicted molar refractivity (Wildman–Crippen MR) is 201 cm³/mol. The van der Waals surface area contributed by atoms with Crippen molar-refractivity contribution >= 4 is 39.5 Å². The molecule has 2 aromatic rings. The minimum atomic E-state index is 0.556. The van der Waals surface area contributed by atoms with Crippen molar-refractivity contribution in [2.24, 2.45) is 45.7 Å². The molecule has 0 amide bonds. The summed E-state index contributed by atoms with van der Waals surface area (Å²) in [6.07, 6.45) is 11.9. The number of nitrogens with zero attached hydrogens (tertiary/aromatic N) is 6. The van der Waals surface area contributed by atoms with Crippen molar-refractivity contribution in [2.75, 3.05) is 0 Å². The summed E-state index contributed by atoms with van der Waals surface area (Å²) in [5.41, 5.74) is 2.65. The number of rotatable bonds is 8. The first kappa shape index (κ1) is 38.4. The van der Waals surface area contributed by atoms with Crippen molar-refractivity contribution in [1.82, 2.24) is 19.8 Å². The van der Waals surface area contributed by atoms with E-state index in [1.807, 2.05) is 12.7 Å². The molecule has 2 heterocycles. The van der Waals surface area contributed by atoms with E-state index in [9.17, 15) is 0 Å². The van der Waals surface area contributed by atoms with E-state index in [0.717, 1.165) is 48.6 Å². The van der Waals surface area contributed by atoms with E-state index in [2.05, 4.69) is 172 Å². The Hall–Kier alpha value is -1.40. The molecule has 0 aromatic heterocycles. The van der Waals surface area contributed by atoms with E-state index >= 15 is 0 Å². The summed E-state index contributed by atoms with van der Waals surface area (Å²) in [4.78, 5) is 4.40. The Balaban J connectivity index is 0.000000197. The third kappa shape index (κ3) is 11.9. The van der Waals surface area contributed by atoms with Gasteiger partial charge in [-0.25, -0.2) is 10.2 Å². The molecule has 0 N–H and O–H groups in total. The molecule has 0 radical (unpaired) electrons. The van der Waals surface area contributed by atoms with Crippen LogP contribution in [0.3, 0.4) is 0 Å². The average molecular weight is 863 g/mol. The minimum absolute atomic E-state index is 0.556. The van der Waals surface area contributed by atoms with Gasteiger partial charge in [0.15, 0.2) is 0 Å². The molecular formula is C38H56Br2N6Pd-2. The summed E-state index contributed by atoms with van der Waals surface area (Å²) in [5.74, 6) is 4.58. The van der Waals surface area contributed by atoms with Crippen molar-refractivity contribution < 1.29 is 13.9 Å². The van der Waals surface area contributed by atoms with Gasteiger partial charge in [-0.1, -0.05) is 115 Å². The number of benzene rings is 2. The third-order valence-electron chi connectivity index (χ3n) is 10.3. The van der Waals surface area contributed by atoms with Gasteiger partial charge in [-0.3, -0.25) is 0 Å². The van der Waals surface area contributed by atoms with Gasteiger partial charge in [0.2, 0.25) is 0 Å². The molecule has 0 bridgehead atoms. The van der Waals surface area contributed by atoms with Crippen molar-refractivity contribution in [3.05, 3.63) is 85.1 Å². The molecule has 0 saturated heterocycles. The molecule has 2 aliphatic heterocycles. The van der Waals surface area contributed by atoms with E-state index < -0.39 is 0 Å². The monoisotopic (exact) mass is 860 g/mol. The summed E-state index contributed by atoms with van der Waals surface area (Å²) in [6.45, 7) is 20.4. The van der Waals surface area contributed by atoms with Crippen LogP contribution in [0.25, 0.3) is 0 Å². The Morgan fingerprint density at radius 2 is 1.02 bits per heavy atom. The zero-order chi connectivity index (χ0) is 33.8. The van der Waals surface area contributed by atoms with Gasteiger partial charge in [0.1, 0.15) is 0 Å². The third-order valence-corrected chi connectivity index (χ3v) is 10.3. The van der Waals surface area contributed by atoms with Crippen molar-refractivity contribution in [3.63, 3.8) is 0 Å². The van der Waals surface area contributed by atoms with Gasteiger partial charge in [0, 0.05) is 25.2 Å². The molecule has 4 aliphatic rings. The van der Waals surface area contributed by atoms with Crippen LogP contribution in [0.15, 0.2) is 70.9 Å². The number of hydrogen-bond donors (Lipinski definition) is 0. The second-order valence-corrected chi connectivity index (χ2v) is 21.8. The second kappa shape index (κ2) is 19.7. The first-order valence-corrected chi connectivity index (χ1v) is 24.6. The van der Waals surface area contributed by atoms with Crippen LogP contribution in [0.5, 0.6) is 0 Å². The van der Waals surface area contributed by atoms with Gasteiger partial charge in [-0.2, -0.15) is 0 Å². The molecule has 47 heavy (non-hydrogen) atoms. The van der Waals surface area contributed by atoms with Gasteiger partial charge in [-0.05, 0) is 72.3 Å². The summed E-state index contributed by atoms with van der Waals surface area (Å²) in [7, 11) is 0. The Kier molecular flexibility index (Phi) is 16.1. The van der Waals surface area contributed by atoms with Crippen LogP contribution in [-0.2, 0) is 27.0 Å². The van der Waals surface area contributed by atoms with Crippen LogP contribution in [0.4, 0.5) is 0 Å². The Bertz CT molecular complexity index is 1120. The van der Waals surface area contributed by atoms with Gasteiger partial charge < -0.3 is 19.8 Å². The quantitative estimate of drug-likeness (QED) is 0.196. The average Bonchev–Trinajstić information content (AvgIpc) is 3.72. The van der Waals surface area contributed by atoms with E-state index in [4.69, 9.17) is 0 Å². The molecule has 6 nitrogen and oxygen atoms in total. The number of hydrazone groups is 2. The zero-order valence-electron chi connectivity index (χ0n) is 29.1. The molecule has 0 spiro atoms. The zero-order valence-corrected chi connectivity index (χ0v) is 33.8. The first-order valence-electron chi connectivity index (χ1n) is 17.4. The van der Waals surface area contributed by atoms with Gasteiger partial charge in [0.25, 0.3) is 0 Å². The van der Waals surface area contributed by atoms with E-state index in [1.165, 1.54) is 49.7 Å². The maximum absolute atomic E-state index is 4.68. The fraction of sp³-hybridized carbons (Fsp3) is 0.579. The van der Waals surface area contributed by atoms with E-state index in [0.29, 0.717) is 26.0 Å². The molecular weight excluding hydrogens is 807 g/mol. The molecule has 2 aromatic carbocycles. The summed E-state index contributed by atoms with van der Waals surface area (Å²) in [5, 5.41) is 13.8. The normalized spacial score (nSPS) is 27.3. The number of halogens is 2. The number of hydrogen-bond acceptors (Lipinski definition) is 6. The fourth-order valence-electron chi connectivity index (χ4n) is 7.68. The Labute approximate surface area is 307 Å². The van der Waals surface area contributed by atoms with Gasteiger partial charge >= 0.3 is 40.8 Å². The molecule has 6 rings (SSSR count). The van der Waals surface area contributed by atoms with Crippen LogP contribution < -0.4 is 0 Å². The van der Waals surface area contributed by atoms with Crippen LogP contribution >= 0.6 is 26.9 Å². The first-order chi connectivity index (χ1) is 22.7. The molecule has 2 saturated carbocycles. The van der Waals surface area contributed by atoms with Crippen LogP contribution in [0, 0.1) is 48.8 Å². The van der Waals surface area contributed by atoms with E-state index in [1.54, 1.807) is 0 Å². The molecule has 2 fully saturated rings. The van der Waals surface area contributed by atoms with Gasteiger partial charge in [0.05, 0.1) is 12.7 Å². The molecule has 0 unspecified atom stereocenters. The summed E-state index contributed by atoms with van der Waals surface area (Å²) >= 11 is 6.80. The van der Waals surface area contributed by atoms with Crippen molar-refractivity contribution in [2.45, 2.75) is 105 Å². The van der Waals surface area contributed by atoms with Crippen LogP contribution in [0.2, 0.25) is 0 Å². The van der Waals surface area contributed by atoms with Gasteiger partial charge in [-0.15, -0.1) is 13.3 Å². The van der Waals surface area contributed by atoms with Crippen molar-refractivity contribution in [3.8, 4) is 0 Å². The molecule has 6 atom stereocenters. The molecule has 2 aliphatic carbocycles. The Morgan fingerprint density at radius 1 is 0.660 bits per heavy atom. The second-order valence-electron chi connectivity index (χ2n) is 14.6. The Morgan fingerprint density at radius 3 is 1.36 bits per heavy atom. The van der Waals surface area contributed by atoms with Crippen molar-refractivity contribution in [1.29, 1.82) is 0 Å². The SMILES string of the molecule is CC(C)[C@H]1CC[C@H](C)C[C@H]1N1[CH-]N(Cc2ccccc2)C=N1.CC(C)[C@H]1CC[C@H](C)C[C@H]1N1[CH-]N(Cc2ccccc2)C=N1.[Br][Pd][Br]. The van der Waals surface area contributed by atoms with Crippen LogP contribution in [-0.4, -0.2) is 44.6 Å². The molecule has 264 valence electrons. The van der Waals surface area contributed by atoms with E-state index in [-0.39, 0.29) is 0 Å². The summed E-state index contributed by atoms with van der Waals surface area (Å²) in [6, 6.07) is 22.3. The standard InChI is InChI=1S/2C19H28N3.2BrH.Pd/c2*1-15(2)18-10-9-16(3)11-19(18)22-14-21(13-20-22)12-17-7-5-4-6-8-17;;;/h2*4-8,13-16,18-19H,9-12H2,1-3H3;2*1H;/q2*-1;;;+2/p-2/t2*16-,18+,19+;;;/m00.../s1. The predicted octanol–water partition coefficient (Wildman–Crippen LogP) is 10.3. The maximum atomic E-state index is 4.68. The van der Waals surface area contributed by atoms with Crippen LogP contribution in [0.1, 0.15) is 91.2 Å².